The third kappa shape index (κ3) is 2.73. The van der Waals surface area contributed by atoms with E-state index >= 15 is 0 Å². The fourth-order valence-corrected chi connectivity index (χ4v) is 3.89. The van der Waals surface area contributed by atoms with Gasteiger partial charge >= 0.3 is 0 Å². The number of hydrogen-bond donors (Lipinski definition) is 2. The minimum atomic E-state index is -3.42. The molecule has 0 aliphatic heterocycles. The van der Waals surface area contributed by atoms with Crippen LogP contribution in [0.4, 0.5) is 0 Å². The fraction of sp³-hybridized carbons (Fsp3) is 0.250. The number of sulfonamides is 1. The van der Waals surface area contributed by atoms with Crippen LogP contribution in [0.15, 0.2) is 41.6 Å². The van der Waals surface area contributed by atoms with E-state index in [1.165, 1.54) is 6.33 Å². The Morgan fingerprint density at radius 3 is 2.61 bits per heavy atom. The number of aromatic nitrogens is 3. The molecule has 0 radical (unpaired) electrons. The molecule has 1 aliphatic rings. The molecule has 2 heterocycles. The molecular formula is C16H16N4O2S. The van der Waals surface area contributed by atoms with E-state index in [-0.39, 0.29) is 10.9 Å². The first-order chi connectivity index (χ1) is 11.0. The lowest BCUT2D eigenvalue weighted by Crippen LogP contribution is -2.25. The van der Waals surface area contributed by atoms with Crippen molar-refractivity contribution < 1.29 is 8.42 Å². The highest BCUT2D eigenvalue weighted by molar-refractivity contribution is 7.89. The highest BCUT2D eigenvalue weighted by Crippen LogP contribution is 2.27. The molecule has 2 aromatic heterocycles. The molecule has 0 saturated heterocycles. The summed E-state index contributed by atoms with van der Waals surface area (Å²) in [6.45, 7) is 1.96. The molecular weight excluding hydrogens is 312 g/mol. The van der Waals surface area contributed by atoms with Crippen LogP contribution < -0.4 is 4.72 Å². The van der Waals surface area contributed by atoms with Crippen molar-refractivity contribution in [2.75, 3.05) is 0 Å². The van der Waals surface area contributed by atoms with Gasteiger partial charge in [0.05, 0.1) is 10.6 Å². The zero-order valence-corrected chi connectivity index (χ0v) is 13.4. The van der Waals surface area contributed by atoms with Gasteiger partial charge in [0, 0.05) is 22.7 Å². The number of aryl methyl sites for hydroxylation is 1. The number of hydrogen-bond acceptors (Lipinski definition) is 4. The van der Waals surface area contributed by atoms with Crippen molar-refractivity contribution in [3.63, 3.8) is 0 Å². The SMILES string of the molecule is Cc1cc2c(-c3ccc(S(=O)(=O)NC4CC4)cc3)ncnc2[nH]1. The standard InChI is InChI=1S/C16H16N4O2S/c1-10-8-14-15(17-9-18-16(14)19-10)11-2-6-13(7-3-11)23(21,22)20-12-4-5-12/h2-3,6-9,12,20H,4-5H2,1H3,(H,17,18,19). The Morgan fingerprint density at radius 2 is 1.91 bits per heavy atom. The molecule has 0 unspecified atom stereocenters. The molecule has 118 valence electrons. The zero-order chi connectivity index (χ0) is 16.0. The Balaban J connectivity index is 1.72. The van der Waals surface area contributed by atoms with E-state index in [1.54, 1.807) is 24.3 Å². The number of benzene rings is 1. The molecule has 23 heavy (non-hydrogen) atoms. The molecule has 1 fully saturated rings. The van der Waals surface area contributed by atoms with Crippen molar-refractivity contribution in [3.8, 4) is 11.3 Å². The van der Waals surface area contributed by atoms with Gasteiger partial charge in [-0.25, -0.2) is 23.1 Å². The van der Waals surface area contributed by atoms with Gasteiger partial charge in [-0.2, -0.15) is 0 Å². The molecule has 3 aromatic rings. The van der Waals surface area contributed by atoms with Crippen LogP contribution in [-0.2, 0) is 10.0 Å². The average molecular weight is 328 g/mol. The Morgan fingerprint density at radius 1 is 1.17 bits per heavy atom. The first-order valence-corrected chi connectivity index (χ1v) is 8.94. The minimum absolute atomic E-state index is 0.101. The van der Waals surface area contributed by atoms with Crippen molar-refractivity contribution in [1.82, 2.24) is 19.7 Å². The van der Waals surface area contributed by atoms with Gasteiger partial charge in [-0.15, -0.1) is 0 Å². The van der Waals surface area contributed by atoms with Crippen molar-refractivity contribution in [2.45, 2.75) is 30.7 Å². The second-order valence-electron chi connectivity index (χ2n) is 5.86. The second-order valence-corrected chi connectivity index (χ2v) is 7.57. The Labute approximate surface area is 134 Å². The van der Waals surface area contributed by atoms with Crippen LogP contribution in [-0.4, -0.2) is 29.4 Å². The minimum Gasteiger partial charge on any atom is -0.343 e. The number of aromatic amines is 1. The number of nitrogens with zero attached hydrogens (tertiary/aromatic N) is 2. The molecule has 0 atom stereocenters. The summed E-state index contributed by atoms with van der Waals surface area (Å²) in [5.41, 5.74) is 3.44. The summed E-state index contributed by atoms with van der Waals surface area (Å²) in [4.78, 5) is 12.0. The monoisotopic (exact) mass is 328 g/mol. The maximum absolute atomic E-state index is 12.2. The Bertz CT molecular complexity index is 973. The molecule has 4 rings (SSSR count). The van der Waals surface area contributed by atoms with Crippen molar-refractivity contribution in [1.29, 1.82) is 0 Å². The smallest absolute Gasteiger partial charge is 0.240 e. The van der Waals surface area contributed by atoms with Crippen LogP contribution in [0.3, 0.4) is 0 Å². The van der Waals surface area contributed by atoms with Gasteiger partial charge in [0.25, 0.3) is 0 Å². The highest BCUT2D eigenvalue weighted by atomic mass is 32.2. The Hall–Kier alpha value is -2.25. The lowest BCUT2D eigenvalue weighted by molar-refractivity contribution is 0.581. The molecule has 0 amide bonds. The van der Waals surface area contributed by atoms with Gasteiger partial charge < -0.3 is 4.98 Å². The molecule has 6 nitrogen and oxygen atoms in total. The van der Waals surface area contributed by atoms with E-state index in [0.717, 1.165) is 40.8 Å². The quantitative estimate of drug-likeness (QED) is 0.769. The third-order valence-electron chi connectivity index (χ3n) is 3.90. The number of rotatable bonds is 4. The van der Waals surface area contributed by atoms with E-state index in [9.17, 15) is 8.42 Å². The molecule has 0 bridgehead atoms. The molecule has 1 saturated carbocycles. The van der Waals surface area contributed by atoms with Crippen LogP contribution >= 0.6 is 0 Å². The van der Waals surface area contributed by atoms with Gasteiger partial charge in [0.15, 0.2) is 0 Å². The summed E-state index contributed by atoms with van der Waals surface area (Å²) in [5, 5.41) is 0.928. The maximum Gasteiger partial charge on any atom is 0.240 e. The summed E-state index contributed by atoms with van der Waals surface area (Å²) >= 11 is 0. The van der Waals surface area contributed by atoms with Gasteiger partial charge in [-0.3, -0.25) is 0 Å². The summed E-state index contributed by atoms with van der Waals surface area (Å²) in [6.07, 6.45) is 3.35. The van der Waals surface area contributed by atoms with Gasteiger partial charge in [0.2, 0.25) is 10.0 Å². The average Bonchev–Trinajstić information content (AvgIpc) is 3.24. The van der Waals surface area contributed by atoms with Crippen LogP contribution in [0.2, 0.25) is 0 Å². The van der Waals surface area contributed by atoms with Crippen molar-refractivity contribution in [3.05, 3.63) is 42.4 Å². The topological polar surface area (TPSA) is 87.7 Å². The van der Waals surface area contributed by atoms with Crippen LogP contribution in [0.25, 0.3) is 22.3 Å². The van der Waals surface area contributed by atoms with E-state index in [2.05, 4.69) is 19.7 Å². The van der Waals surface area contributed by atoms with Crippen molar-refractivity contribution >= 4 is 21.1 Å². The largest absolute Gasteiger partial charge is 0.343 e. The number of nitrogens with one attached hydrogen (secondary N) is 2. The third-order valence-corrected chi connectivity index (χ3v) is 5.43. The van der Waals surface area contributed by atoms with Crippen LogP contribution in [0.1, 0.15) is 18.5 Å². The van der Waals surface area contributed by atoms with E-state index in [4.69, 9.17) is 0 Å². The fourth-order valence-electron chi connectivity index (χ4n) is 2.58. The zero-order valence-electron chi connectivity index (χ0n) is 12.6. The second kappa shape index (κ2) is 5.14. The molecule has 1 aromatic carbocycles. The molecule has 2 N–H and O–H groups in total. The predicted molar refractivity (Wildman–Crippen MR) is 87.4 cm³/mol. The van der Waals surface area contributed by atoms with Crippen LogP contribution in [0.5, 0.6) is 0 Å². The van der Waals surface area contributed by atoms with E-state index in [0.29, 0.717) is 0 Å². The summed E-state index contributed by atoms with van der Waals surface area (Å²) in [6, 6.07) is 8.89. The van der Waals surface area contributed by atoms with Crippen molar-refractivity contribution in [2.24, 2.45) is 0 Å². The van der Waals surface area contributed by atoms with E-state index < -0.39 is 10.0 Å². The Kier molecular flexibility index (Phi) is 3.21. The summed E-state index contributed by atoms with van der Waals surface area (Å²) in [7, 11) is -3.42. The normalized spacial score (nSPS) is 15.2. The molecule has 1 aliphatic carbocycles. The first-order valence-electron chi connectivity index (χ1n) is 7.46. The highest BCUT2D eigenvalue weighted by Gasteiger charge is 2.27. The van der Waals surface area contributed by atoms with Gasteiger partial charge in [-0.1, -0.05) is 12.1 Å². The summed E-state index contributed by atoms with van der Waals surface area (Å²) in [5.74, 6) is 0. The first kappa shape index (κ1) is 14.3. The van der Waals surface area contributed by atoms with E-state index in [1.807, 2.05) is 13.0 Å². The van der Waals surface area contributed by atoms with Crippen LogP contribution in [0, 0.1) is 6.92 Å². The summed E-state index contributed by atoms with van der Waals surface area (Å²) < 4.78 is 27.1. The molecule has 7 heteroatoms. The lowest BCUT2D eigenvalue weighted by atomic mass is 10.1. The number of fused-ring (bicyclic) bond motifs is 1. The lowest BCUT2D eigenvalue weighted by Gasteiger charge is -2.07. The van der Waals surface area contributed by atoms with Gasteiger partial charge in [-0.05, 0) is 38.0 Å². The predicted octanol–water partition coefficient (Wildman–Crippen LogP) is 2.37. The number of H-pyrrole nitrogens is 1. The maximum atomic E-state index is 12.2. The molecule has 0 spiro atoms. The van der Waals surface area contributed by atoms with Gasteiger partial charge in [0.1, 0.15) is 12.0 Å².